The molecule has 0 saturated heterocycles. The van der Waals surface area contributed by atoms with Gasteiger partial charge in [-0.05, 0) is 54.2 Å². The van der Waals surface area contributed by atoms with Crippen LogP contribution in [0.5, 0.6) is 5.75 Å². The van der Waals surface area contributed by atoms with Gasteiger partial charge in [0.2, 0.25) is 5.91 Å². The Hall–Kier alpha value is -2.59. The molecule has 1 atom stereocenters. The number of hydrogen-bond donors (Lipinski definition) is 0. The summed E-state index contributed by atoms with van der Waals surface area (Å²) in [4.78, 5) is 28.5. The highest BCUT2D eigenvalue weighted by atomic mass is 35.5. The van der Waals surface area contributed by atoms with E-state index in [2.05, 4.69) is 13.8 Å². The first-order valence-corrected chi connectivity index (χ1v) is 10.6. The largest absolute Gasteiger partial charge is 0.497 e. The maximum absolute atomic E-state index is 13.4. The lowest BCUT2D eigenvalue weighted by Crippen LogP contribution is -2.43. The van der Waals surface area contributed by atoms with E-state index in [0.717, 1.165) is 33.8 Å². The molecule has 4 rings (SSSR count). The molecule has 2 aromatic rings. The second kappa shape index (κ2) is 7.59. The van der Waals surface area contributed by atoms with Gasteiger partial charge in [-0.3, -0.25) is 14.5 Å². The Balaban J connectivity index is 1.90. The molecule has 0 spiro atoms. The molecule has 1 aliphatic heterocycles. The van der Waals surface area contributed by atoms with Crippen LogP contribution in [0.2, 0.25) is 5.02 Å². The van der Waals surface area contributed by atoms with E-state index in [9.17, 15) is 9.59 Å². The maximum Gasteiger partial charge on any atom is 0.232 e. The van der Waals surface area contributed by atoms with E-state index >= 15 is 0 Å². The average Bonchev–Trinajstić information content (AvgIpc) is 2.68. The van der Waals surface area contributed by atoms with Crippen LogP contribution in [0, 0.1) is 12.3 Å². The third-order valence-corrected chi connectivity index (χ3v) is 6.46. The van der Waals surface area contributed by atoms with Crippen LogP contribution in [0.25, 0.3) is 0 Å². The fourth-order valence-electron chi connectivity index (χ4n) is 4.58. The Kier molecular flexibility index (Phi) is 5.23. The molecule has 30 heavy (non-hydrogen) atoms. The van der Waals surface area contributed by atoms with Crippen LogP contribution >= 0.6 is 11.6 Å². The molecule has 0 saturated carbocycles. The lowest BCUT2D eigenvalue weighted by atomic mass is 9.69. The fraction of sp³-hybridized carbons (Fsp3) is 0.360. The zero-order valence-corrected chi connectivity index (χ0v) is 18.5. The lowest BCUT2D eigenvalue weighted by molar-refractivity contribution is -0.121. The number of amides is 1. The molecule has 0 bridgehead atoms. The maximum atomic E-state index is 13.4. The van der Waals surface area contributed by atoms with Crippen LogP contribution in [-0.4, -0.2) is 18.8 Å². The van der Waals surface area contributed by atoms with Crippen LogP contribution in [-0.2, 0) is 9.59 Å². The van der Waals surface area contributed by atoms with Gasteiger partial charge in [-0.2, -0.15) is 0 Å². The Morgan fingerprint density at radius 2 is 1.87 bits per heavy atom. The number of nitrogens with zero attached hydrogens (tertiary/aromatic N) is 1. The molecule has 1 amide bonds. The number of Topliss-reactive ketones (excluding diaryl/α,β-unsaturated/α-hetero) is 1. The number of rotatable bonds is 3. The van der Waals surface area contributed by atoms with E-state index in [4.69, 9.17) is 16.3 Å². The number of hydrogen-bond acceptors (Lipinski definition) is 3. The number of anilines is 1. The normalized spacial score (nSPS) is 21.0. The summed E-state index contributed by atoms with van der Waals surface area (Å²) in [6.07, 6.45) is 1.37. The molecule has 1 unspecified atom stereocenters. The van der Waals surface area contributed by atoms with Crippen LogP contribution < -0.4 is 9.64 Å². The zero-order chi connectivity index (χ0) is 21.6. The van der Waals surface area contributed by atoms with Crippen molar-refractivity contribution < 1.29 is 14.3 Å². The molecule has 0 fully saturated rings. The van der Waals surface area contributed by atoms with Gasteiger partial charge < -0.3 is 4.74 Å². The van der Waals surface area contributed by atoms with E-state index in [-0.39, 0.29) is 29.4 Å². The number of ether oxygens (including phenoxy) is 1. The third-order valence-electron chi connectivity index (χ3n) is 6.05. The third kappa shape index (κ3) is 3.65. The molecular weight excluding hydrogens is 398 g/mol. The van der Waals surface area contributed by atoms with Gasteiger partial charge in [-0.15, -0.1) is 0 Å². The number of methoxy groups -OCH3 is 1. The van der Waals surface area contributed by atoms with Crippen LogP contribution in [0.3, 0.4) is 0 Å². The second-order valence-corrected chi connectivity index (χ2v) is 9.40. The highest BCUT2D eigenvalue weighted by molar-refractivity contribution is 6.31. The number of aryl methyl sites for hydroxylation is 1. The first kappa shape index (κ1) is 20.7. The van der Waals surface area contributed by atoms with Gasteiger partial charge in [0.15, 0.2) is 5.78 Å². The van der Waals surface area contributed by atoms with E-state index in [0.29, 0.717) is 17.9 Å². The van der Waals surface area contributed by atoms with Crippen molar-refractivity contribution in [3.05, 3.63) is 69.9 Å². The summed E-state index contributed by atoms with van der Waals surface area (Å²) in [5.74, 6) is 0.554. The van der Waals surface area contributed by atoms with Crippen molar-refractivity contribution in [3.8, 4) is 5.75 Å². The highest BCUT2D eigenvalue weighted by Crippen LogP contribution is 2.48. The quantitative estimate of drug-likeness (QED) is 0.624. The van der Waals surface area contributed by atoms with Crippen molar-refractivity contribution >= 4 is 29.0 Å². The topological polar surface area (TPSA) is 46.6 Å². The van der Waals surface area contributed by atoms with E-state index < -0.39 is 0 Å². The molecule has 1 aliphatic carbocycles. The summed E-state index contributed by atoms with van der Waals surface area (Å²) >= 11 is 6.36. The second-order valence-electron chi connectivity index (χ2n) is 9.00. The summed E-state index contributed by atoms with van der Waals surface area (Å²) < 4.78 is 5.37. The van der Waals surface area contributed by atoms with Crippen molar-refractivity contribution in [3.63, 3.8) is 0 Å². The van der Waals surface area contributed by atoms with Gasteiger partial charge in [0.1, 0.15) is 5.75 Å². The summed E-state index contributed by atoms with van der Waals surface area (Å²) in [6.45, 7) is 6.09. The minimum Gasteiger partial charge on any atom is -0.497 e. The first-order valence-electron chi connectivity index (χ1n) is 10.2. The molecule has 0 radical (unpaired) electrons. The van der Waals surface area contributed by atoms with Crippen LogP contribution in [0.1, 0.15) is 50.2 Å². The number of halogens is 1. The monoisotopic (exact) mass is 423 g/mol. The Morgan fingerprint density at radius 1 is 1.10 bits per heavy atom. The number of carbonyl (C=O) groups excluding carboxylic acids is 2. The SMILES string of the molecule is COc1cccc(C2CC(=O)N(c3ccc(C)c(Cl)c3)C3=C2C(=O)CC(C)(C)C3)c1. The molecule has 2 aliphatic rings. The van der Waals surface area contributed by atoms with Crippen molar-refractivity contribution in [1.29, 1.82) is 0 Å². The molecule has 0 aromatic heterocycles. The van der Waals surface area contributed by atoms with Gasteiger partial charge in [0.25, 0.3) is 0 Å². The van der Waals surface area contributed by atoms with Crippen molar-refractivity contribution in [2.24, 2.45) is 5.41 Å². The minimum atomic E-state index is -0.261. The smallest absolute Gasteiger partial charge is 0.232 e. The summed E-state index contributed by atoms with van der Waals surface area (Å²) in [5.41, 5.74) is 3.95. The first-order chi connectivity index (χ1) is 14.2. The molecule has 1 heterocycles. The van der Waals surface area contributed by atoms with Gasteiger partial charge >= 0.3 is 0 Å². The number of ketones is 1. The summed E-state index contributed by atoms with van der Waals surface area (Å²) in [6, 6.07) is 13.3. The lowest BCUT2D eigenvalue weighted by Gasteiger charge is -2.43. The van der Waals surface area contributed by atoms with Gasteiger partial charge in [0, 0.05) is 35.1 Å². The van der Waals surface area contributed by atoms with Gasteiger partial charge in [0.05, 0.1) is 12.8 Å². The Labute approximate surface area is 182 Å². The molecule has 2 aromatic carbocycles. The molecule has 156 valence electrons. The zero-order valence-electron chi connectivity index (χ0n) is 17.8. The molecule has 0 N–H and O–H groups in total. The molecular formula is C25H26ClNO3. The minimum absolute atomic E-state index is 0.0213. The van der Waals surface area contributed by atoms with E-state index in [1.807, 2.05) is 49.4 Å². The summed E-state index contributed by atoms with van der Waals surface area (Å²) in [7, 11) is 1.62. The highest BCUT2D eigenvalue weighted by Gasteiger charge is 2.44. The van der Waals surface area contributed by atoms with Gasteiger partial charge in [-0.25, -0.2) is 0 Å². The number of benzene rings is 2. The molecule has 4 nitrogen and oxygen atoms in total. The Bertz CT molecular complexity index is 1070. The van der Waals surface area contributed by atoms with Crippen molar-refractivity contribution in [2.75, 3.05) is 12.0 Å². The fourth-order valence-corrected chi connectivity index (χ4v) is 4.75. The average molecular weight is 424 g/mol. The van der Waals surface area contributed by atoms with Crippen molar-refractivity contribution in [2.45, 2.75) is 46.0 Å². The number of allylic oxidation sites excluding steroid dienone is 2. The van der Waals surface area contributed by atoms with E-state index in [1.165, 1.54) is 0 Å². The van der Waals surface area contributed by atoms with Crippen molar-refractivity contribution in [1.82, 2.24) is 0 Å². The van der Waals surface area contributed by atoms with Crippen LogP contribution in [0.15, 0.2) is 53.7 Å². The number of carbonyl (C=O) groups is 2. The predicted octanol–water partition coefficient (Wildman–Crippen LogP) is 5.82. The van der Waals surface area contributed by atoms with E-state index in [1.54, 1.807) is 12.0 Å². The molecule has 5 heteroatoms. The van der Waals surface area contributed by atoms with Gasteiger partial charge in [-0.1, -0.05) is 43.6 Å². The van der Waals surface area contributed by atoms with Crippen LogP contribution in [0.4, 0.5) is 5.69 Å². The predicted molar refractivity (Wildman–Crippen MR) is 119 cm³/mol. The summed E-state index contributed by atoms with van der Waals surface area (Å²) in [5, 5.41) is 0.610. The standard InChI is InChI=1S/C25H26ClNO3/c1-15-8-9-17(11-20(15)26)27-21-13-25(2,3)14-22(28)24(21)19(12-23(27)29)16-6-5-7-18(10-16)30-4/h5-11,19H,12-14H2,1-4H3. The Morgan fingerprint density at radius 3 is 2.57 bits per heavy atom.